The zero-order chi connectivity index (χ0) is 16.2. The number of aromatic nitrogens is 3. The van der Waals surface area contributed by atoms with Crippen molar-refractivity contribution in [2.24, 2.45) is 0 Å². The average Bonchev–Trinajstić information content (AvgIpc) is 3.15. The molecule has 1 aliphatic rings. The third-order valence-electron chi connectivity index (χ3n) is 4.17. The highest BCUT2D eigenvalue weighted by Gasteiger charge is 2.24. The van der Waals surface area contributed by atoms with E-state index < -0.39 is 0 Å². The molecular weight excluding hydrogens is 294 g/mol. The van der Waals surface area contributed by atoms with Crippen LogP contribution in [0.3, 0.4) is 0 Å². The van der Waals surface area contributed by atoms with E-state index in [4.69, 9.17) is 0 Å². The number of amides is 2. The zero-order valence-electron chi connectivity index (χ0n) is 13.0. The van der Waals surface area contributed by atoms with Gasteiger partial charge in [-0.1, -0.05) is 0 Å². The molecule has 2 aromatic heterocycles. The van der Waals surface area contributed by atoms with E-state index in [1.165, 1.54) is 6.20 Å². The molecule has 7 heteroatoms. The van der Waals surface area contributed by atoms with Crippen molar-refractivity contribution >= 4 is 11.8 Å². The van der Waals surface area contributed by atoms with Gasteiger partial charge in [-0.3, -0.25) is 14.6 Å². The summed E-state index contributed by atoms with van der Waals surface area (Å²) in [6.45, 7) is 1.41. The van der Waals surface area contributed by atoms with Crippen molar-refractivity contribution in [1.82, 2.24) is 24.8 Å². The molecule has 1 saturated heterocycles. The molecule has 0 atom stereocenters. The molecule has 0 saturated carbocycles. The topological polar surface area (TPSA) is 80.1 Å². The summed E-state index contributed by atoms with van der Waals surface area (Å²) in [4.78, 5) is 33.9. The Balaban J connectivity index is 1.62. The lowest BCUT2D eigenvalue weighted by Gasteiger charge is -2.32. The number of carbonyl (C=O) groups excluding carboxylic acids is 2. The molecule has 2 amide bonds. The highest BCUT2D eigenvalue weighted by Crippen LogP contribution is 2.23. The lowest BCUT2D eigenvalue weighted by Crippen LogP contribution is -2.39. The van der Waals surface area contributed by atoms with E-state index >= 15 is 0 Å². The first kappa shape index (κ1) is 15.2. The van der Waals surface area contributed by atoms with Crippen LogP contribution in [0.2, 0.25) is 0 Å². The molecule has 7 nitrogen and oxygen atoms in total. The Kier molecular flexibility index (Phi) is 4.36. The van der Waals surface area contributed by atoms with Crippen LogP contribution in [-0.4, -0.2) is 51.4 Å². The van der Waals surface area contributed by atoms with Gasteiger partial charge >= 0.3 is 0 Å². The highest BCUT2D eigenvalue weighted by atomic mass is 16.2. The standard InChI is InChI=1S/C16H19N5O2/c1-17-15(22)14-3-2-12(10-19-14)16(23)20-7-4-13(5-8-20)21-9-6-18-11-21/h2-3,6,9-11,13H,4-5,7-8H2,1H3,(H,17,22). The number of pyridine rings is 1. The first-order valence-corrected chi connectivity index (χ1v) is 7.64. The number of carbonyl (C=O) groups is 2. The molecular formula is C16H19N5O2. The smallest absolute Gasteiger partial charge is 0.269 e. The molecule has 2 aromatic rings. The Morgan fingerprint density at radius 1 is 1.26 bits per heavy atom. The summed E-state index contributed by atoms with van der Waals surface area (Å²) >= 11 is 0. The first-order chi connectivity index (χ1) is 11.2. The summed E-state index contributed by atoms with van der Waals surface area (Å²) in [7, 11) is 1.55. The summed E-state index contributed by atoms with van der Waals surface area (Å²) in [6, 6.07) is 3.63. The zero-order valence-corrected chi connectivity index (χ0v) is 13.0. The third-order valence-corrected chi connectivity index (χ3v) is 4.17. The lowest BCUT2D eigenvalue weighted by atomic mass is 10.0. The minimum absolute atomic E-state index is 0.0370. The van der Waals surface area contributed by atoms with E-state index in [1.807, 2.05) is 17.4 Å². The predicted octanol–water partition coefficient (Wildman–Crippen LogP) is 1.11. The molecule has 3 rings (SSSR count). The summed E-state index contributed by atoms with van der Waals surface area (Å²) < 4.78 is 2.10. The maximum absolute atomic E-state index is 12.5. The molecule has 1 aliphatic heterocycles. The van der Waals surface area contributed by atoms with E-state index in [0.29, 0.717) is 30.4 Å². The molecule has 0 radical (unpaired) electrons. The normalized spacial score (nSPS) is 15.4. The van der Waals surface area contributed by atoms with Crippen molar-refractivity contribution in [2.75, 3.05) is 20.1 Å². The minimum atomic E-state index is -0.259. The van der Waals surface area contributed by atoms with Crippen LogP contribution in [0, 0.1) is 0 Å². The van der Waals surface area contributed by atoms with E-state index in [9.17, 15) is 9.59 Å². The van der Waals surface area contributed by atoms with Crippen molar-refractivity contribution in [1.29, 1.82) is 0 Å². The monoisotopic (exact) mass is 313 g/mol. The van der Waals surface area contributed by atoms with Crippen LogP contribution in [0.25, 0.3) is 0 Å². The van der Waals surface area contributed by atoms with Crippen LogP contribution in [0.5, 0.6) is 0 Å². The number of rotatable bonds is 3. The van der Waals surface area contributed by atoms with Gasteiger partial charge in [0.2, 0.25) is 0 Å². The second kappa shape index (κ2) is 6.60. The number of nitrogens with zero attached hydrogens (tertiary/aromatic N) is 4. The quantitative estimate of drug-likeness (QED) is 0.920. The largest absolute Gasteiger partial charge is 0.354 e. The Morgan fingerprint density at radius 3 is 2.61 bits per heavy atom. The molecule has 3 heterocycles. The second-order valence-electron chi connectivity index (χ2n) is 5.54. The maximum atomic E-state index is 12.5. The van der Waals surface area contributed by atoms with Crippen molar-refractivity contribution in [3.8, 4) is 0 Å². The van der Waals surface area contributed by atoms with Crippen LogP contribution in [-0.2, 0) is 0 Å². The Bertz CT molecular complexity index is 673. The van der Waals surface area contributed by atoms with Gasteiger partial charge in [0, 0.05) is 44.8 Å². The maximum Gasteiger partial charge on any atom is 0.269 e. The van der Waals surface area contributed by atoms with Gasteiger partial charge in [0.05, 0.1) is 11.9 Å². The van der Waals surface area contributed by atoms with Gasteiger partial charge in [-0.05, 0) is 25.0 Å². The van der Waals surface area contributed by atoms with Crippen LogP contribution in [0.15, 0.2) is 37.1 Å². The van der Waals surface area contributed by atoms with Crippen molar-refractivity contribution in [3.63, 3.8) is 0 Å². The van der Waals surface area contributed by atoms with E-state index in [2.05, 4.69) is 19.9 Å². The molecule has 0 unspecified atom stereocenters. The highest BCUT2D eigenvalue weighted by molar-refractivity contribution is 5.96. The molecule has 0 spiro atoms. The predicted molar refractivity (Wildman–Crippen MR) is 84.0 cm³/mol. The summed E-state index contributed by atoms with van der Waals surface area (Å²) in [6.07, 6.45) is 8.84. The molecule has 0 bridgehead atoms. The number of hydrogen-bond donors (Lipinski definition) is 1. The fraction of sp³-hybridized carbons (Fsp3) is 0.375. The van der Waals surface area contributed by atoms with Gasteiger partial charge in [-0.25, -0.2) is 4.98 Å². The van der Waals surface area contributed by atoms with Crippen molar-refractivity contribution in [2.45, 2.75) is 18.9 Å². The number of hydrogen-bond acceptors (Lipinski definition) is 4. The number of imidazole rings is 1. The fourth-order valence-corrected chi connectivity index (χ4v) is 2.82. The Labute approximate surface area is 134 Å². The molecule has 120 valence electrons. The molecule has 0 aromatic carbocycles. The Morgan fingerprint density at radius 2 is 2.04 bits per heavy atom. The fourth-order valence-electron chi connectivity index (χ4n) is 2.82. The number of nitrogens with one attached hydrogen (secondary N) is 1. The molecule has 23 heavy (non-hydrogen) atoms. The molecule has 1 N–H and O–H groups in total. The van der Waals surface area contributed by atoms with E-state index in [-0.39, 0.29) is 11.8 Å². The van der Waals surface area contributed by atoms with Crippen LogP contribution in [0.1, 0.15) is 39.7 Å². The van der Waals surface area contributed by atoms with Crippen LogP contribution >= 0.6 is 0 Å². The second-order valence-corrected chi connectivity index (χ2v) is 5.54. The van der Waals surface area contributed by atoms with Gasteiger partial charge in [0.25, 0.3) is 11.8 Å². The number of likely N-dealkylation sites (tertiary alicyclic amines) is 1. The van der Waals surface area contributed by atoms with Gasteiger partial charge in [-0.2, -0.15) is 0 Å². The van der Waals surface area contributed by atoms with Gasteiger partial charge < -0.3 is 14.8 Å². The van der Waals surface area contributed by atoms with Crippen LogP contribution in [0.4, 0.5) is 0 Å². The SMILES string of the molecule is CNC(=O)c1ccc(C(=O)N2CCC(n3ccnc3)CC2)cn1. The number of piperidine rings is 1. The summed E-state index contributed by atoms with van der Waals surface area (Å²) in [5.41, 5.74) is 0.821. The average molecular weight is 313 g/mol. The summed E-state index contributed by atoms with van der Waals surface area (Å²) in [5, 5.41) is 2.51. The van der Waals surface area contributed by atoms with Gasteiger partial charge in [0.1, 0.15) is 5.69 Å². The van der Waals surface area contributed by atoms with Crippen molar-refractivity contribution < 1.29 is 9.59 Å². The Hall–Kier alpha value is -2.70. The van der Waals surface area contributed by atoms with Gasteiger partial charge in [-0.15, -0.1) is 0 Å². The van der Waals surface area contributed by atoms with Gasteiger partial charge in [0.15, 0.2) is 0 Å². The minimum Gasteiger partial charge on any atom is -0.354 e. The van der Waals surface area contributed by atoms with Crippen molar-refractivity contribution in [3.05, 3.63) is 48.3 Å². The molecule has 0 aliphatic carbocycles. The van der Waals surface area contributed by atoms with E-state index in [1.54, 1.807) is 25.4 Å². The first-order valence-electron chi connectivity index (χ1n) is 7.64. The van der Waals surface area contributed by atoms with Crippen LogP contribution < -0.4 is 5.32 Å². The summed E-state index contributed by atoms with van der Waals surface area (Å²) in [5.74, 6) is -0.296. The third kappa shape index (κ3) is 3.23. The lowest BCUT2D eigenvalue weighted by molar-refractivity contribution is 0.0693. The van der Waals surface area contributed by atoms with E-state index in [0.717, 1.165) is 12.8 Å². The molecule has 1 fully saturated rings.